The third kappa shape index (κ3) is 5.26. The Morgan fingerprint density at radius 2 is 2.08 bits per heavy atom. The van der Waals surface area contributed by atoms with Crippen molar-refractivity contribution in [1.82, 2.24) is 0 Å². The van der Waals surface area contributed by atoms with E-state index in [4.69, 9.17) is 0 Å². The predicted octanol–water partition coefficient (Wildman–Crippen LogP) is 3.00. The van der Waals surface area contributed by atoms with Gasteiger partial charge in [-0.3, -0.25) is 12.2 Å². The molecule has 64 valence electrons. The predicted molar refractivity (Wildman–Crippen MR) is 47.8 cm³/mol. The first-order valence-electron chi connectivity index (χ1n) is 3.85. The molecule has 0 aromatic carbocycles. The Hall–Kier alpha value is -0.417. The van der Waals surface area contributed by atoms with Crippen molar-refractivity contribution < 1.29 is 19.5 Å². The zero-order chi connectivity index (χ0) is 7.94. The fourth-order valence-electron chi connectivity index (χ4n) is 0.855. The van der Waals surface area contributed by atoms with Crippen LogP contribution in [-0.4, -0.2) is 0 Å². The summed E-state index contributed by atoms with van der Waals surface area (Å²) in [5.74, 6) is 0. The molecule has 0 spiro atoms. The molecule has 0 heterocycles. The van der Waals surface area contributed by atoms with Crippen LogP contribution in [0.5, 0.6) is 0 Å². The first-order valence-corrected chi connectivity index (χ1v) is 3.85. The Labute approximate surface area is 87.5 Å². The number of hydrogen-bond acceptors (Lipinski definition) is 0. The number of hydrogen-bond donors (Lipinski definition) is 0. The molecule has 0 aliphatic heterocycles. The Morgan fingerprint density at radius 1 is 1.25 bits per heavy atom. The van der Waals surface area contributed by atoms with Crippen LogP contribution < -0.4 is 0 Å². The SMILES string of the molecule is CC1=[C-]CC=C1.[C-]1=CC=CC1.[Ru+2]. The molecule has 0 bridgehead atoms. The van der Waals surface area contributed by atoms with Gasteiger partial charge in [0, 0.05) is 0 Å². The van der Waals surface area contributed by atoms with Gasteiger partial charge in [-0.05, 0) is 0 Å². The van der Waals surface area contributed by atoms with Crippen LogP contribution >= 0.6 is 0 Å². The molecule has 2 rings (SSSR count). The van der Waals surface area contributed by atoms with Crippen molar-refractivity contribution in [2.45, 2.75) is 19.8 Å². The van der Waals surface area contributed by atoms with E-state index in [0.717, 1.165) is 12.8 Å². The second-order valence-electron chi connectivity index (χ2n) is 2.47. The fourth-order valence-corrected chi connectivity index (χ4v) is 0.855. The van der Waals surface area contributed by atoms with E-state index in [1.807, 2.05) is 12.2 Å². The van der Waals surface area contributed by atoms with Crippen molar-refractivity contribution in [2.75, 3.05) is 0 Å². The van der Waals surface area contributed by atoms with Gasteiger partial charge in [0.1, 0.15) is 0 Å². The smallest absolute Gasteiger partial charge is 0.273 e. The van der Waals surface area contributed by atoms with Crippen LogP contribution in [0.2, 0.25) is 0 Å². The zero-order valence-electron chi connectivity index (χ0n) is 7.15. The summed E-state index contributed by atoms with van der Waals surface area (Å²) in [5.41, 5.74) is 1.27. The van der Waals surface area contributed by atoms with Crippen LogP contribution in [0.3, 0.4) is 0 Å². The Balaban J connectivity index is 0.000000189. The van der Waals surface area contributed by atoms with Crippen molar-refractivity contribution in [3.05, 3.63) is 48.1 Å². The largest absolute Gasteiger partial charge is 2.00 e. The van der Waals surface area contributed by atoms with Gasteiger partial charge in [-0.2, -0.15) is 12.2 Å². The zero-order valence-corrected chi connectivity index (χ0v) is 8.89. The first kappa shape index (κ1) is 11.6. The second kappa shape index (κ2) is 7.24. The molecule has 1 heteroatoms. The standard InChI is InChI=1S/C6H7.C5H5.Ru/c1-6-4-2-3-5-6;1-2-4-5-3-1;/h2,4H,3H2,1H3;1-3H,4H2;/q2*-1;+2. The van der Waals surface area contributed by atoms with Crippen LogP contribution in [0.4, 0.5) is 0 Å². The Kier molecular flexibility index (Phi) is 6.99. The van der Waals surface area contributed by atoms with Crippen molar-refractivity contribution >= 4 is 0 Å². The molecule has 0 amide bonds. The quantitative estimate of drug-likeness (QED) is 0.454. The van der Waals surface area contributed by atoms with Gasteiger partial charge in [0.2, 0.25) is 0 Å². The second-order valence-corrected chi connectivity index (χ2v) is 2.47. The summed E-state index contributed by atoms with van der Waals surface area (Å²) in [6.45, 7) is 2.06. The third-order valence-corrected chi connectivity index (χ3v) is 1.45. The molecular weight excluding hydrogens is 233 g/mol. The summed E-state index contributed by atoms with van der Waals surface area (Å²) >= 11 is 0. The Bertz CT molecular complexity index is 206. The van der Waals surface area contributed by atoms with Gasteiger partial charge in [0.05, 0.1) is 0 Å². The summed E-state index contributed by atoms with van der Waals surface area (Å²) < 4.78 is 0. The summed E-state index contributed by atoms with van der Waals surface area (Å²) in [6, 6.07) is 0. The molecule has 12 heavy (non-hydrogen) atoms. The maximum Gasteiger partial charge on any atom is 2.00 e. The van der Waals surface area contributed by atoms with Crippen LogP contribution in [0.15, 0.2) is 36.0 Å². The topological polar surface area (TPSA) is 0 Å². The fraction of sp³-hybridized carbons (Fsp3) is 0.273. The minimum Gasteiger partial charge on any atom is -0.273 e. The van der Waals surface area contributed by atoms with E-state index < -0.39 is 0 Å². The molecule has 0 atom stereocenters. The van der Waals surface area contributed by atoms with Crippen LogP contribution in [0, 0.1) is 12.2 Å². The van der Waals surface area contributed by atoms with Gasteiger partial charge >= 0.3 is 19.5 Å². The molecule has 2 aliphatic rings. The molecule has 0 N–H and O–H groups in total. The number of rotatable bonds is 0. The van der Waals surface area contributed by atoms with E-state index in [9.17, 15) is 0 Å². The van der Waals surface area contributed by atoms with E-state index in [2.05, 4.69) is 37.3 Å². The molecule has 0 nitrogen and oxygen atoms in total. The minimum atomic E-state index is 0. The maximum atomic E-state index is 3.12. The molecular formula is C11H12Ru. The van der Waals surface area contributed by atoms with Gasteiger partial charge < -0.3 is 0 Å². The van der Waals surface area contributed by atoms with Crippen molar-refractivity contribution in [3.8, 4) is 0 Å². The van der Waals surface area contributed by atoms with E-state index in [1.54, 1.807) is 0 Å². The number of allylic oxidation sites excluding steroid dienone is 8. The maximum absolute atomic E-state index is 3.12. The van der Waals surface area contributed by atoms with Gasteiger partial charge in [0.25, 0.3) is 0 Å². The van der Waals surface area contributed by atoms with Crippen LogP contribution in [0.1, 0.15) is 19.8 Å². The molecule has 2 aliphatic carbocycles. The van der Waals surface area contributed by atoms with E-state index in [1.165, 1.54) is 5.57 Å². The van der Waals surface area contributed by atoms with Crippen LogP contribution in [0.25, 0.3) is 0 Å². The van der Waals surface area contributed by atoms with Crippen molar-refractivity contribution in [2.24, 2.45) is 0 Å². The van der Waals surface area contributed by atoms with Gasteiger partial charge in [-0.1, -0.05) is 6.92 Å². The summed E-state index contributed by atoms with van der Waals surface area (Å²) in [7, 11) is 0. The monoisotopic (exact) mass is 246 g/mol. The average molecular weight is 245 g/mol. The molecule has 0 unspecified atom stereocenters. The minimum absolute atomic E-state index is 0. The van der Waals surface area contributed by atoms with Crippen molar-refractivity contribution in [1.29, 1.82) is 0 Å². The van der Waals surface area contributed by atoms with Gasteiger partial charge in [-0.25, -0.2) is 23.8 Å². The van der Waals surface area contributed by atoms with E-state index in [-0.39, 0.29) is 19.5 Å². The normalized spacial score (nSPS) is 16.6. The summed E-state index contributed by atoms with van der Waals surface area (Å²) in [4.78, 5) is 0. The molecule has 0 saturated heterocycles. The van der Waals surface area contributed by atoms with Crippen molar-refractivity contribution in [3.63, 3.8) is 0 Å². The summed E-state index contributed by atoms with van der Waals surface area (Å²) in [6.07, 6.45) is 18.3. The van der Waals surface area contributed by atoms with Gasteiger partial charge in [0.15, 0.2) is 0 Å². The molecule has 0 fully saturated rings. The van der Waals surface area contributed by atoms with E-state index >= 15 is 0 Å². The molecule has 0 aromatic heterocycles. The Morgan fingerprint density at radius 3 is 2.25 bits per heavy atom. The van der Waals surface area contributed by atoms with E-state index in [0.29, 0.717) is 0 Å². The third-order valence-electron chi connectivity index (χ3n) is 1.45. The van der Waals surface area contributed by atoms with Gasteiger partial charge in [-0.15, -0.1) is 12.8 Å². The summed E-state index contributed by atoms with van der Waals surface area (Å²) in [5, 5.41) is 0. The van der Waals surface area contributed by atoms with Crippen LogP contribution in [-0.2, 0) is 19.5 Å². The molecule has 0 saturated carbocycles. The average Bonchev–Trinajstić information content (AvgIpc) is 2.57. The molecule has 0 radical (unpaired) electrons. The molecule has 0 aromatic rings. The first-order chi connectivity index (χ1) is 5.39.